The first kappa shape index (κ1) is 18.0. The highest BCUT2D eigenvalue weighted by Crippen LogP contribution is 2.01. The summed E-state index contributed by atoms with van der Waals surface area (Å²) in [5.41, 5.74) is 5.11. The lowest BCUT2D eigenvalue weighted by Crippen LogP contribution is -2.10. The zero-order chi connectivity index (χ0) is 13.0. The maximum atomic E-state index is 11.0. The van der Waals surface area contributed by atoms with E-state index in [9.17, 15) is 8.42 Å². The van der Waals surface area contributed by atoms with Gasteiger partial charge in [0.1, 0.15) is 0 Å². The van der Waals surface area contributed by atoms with Gasteiger partial charge in [0.25, 0.3) is 10.1 Å². The molecule has 0 aromatic carbocycles. The first-order valence-electron chi connectivity index (χ1n) is 5.59. The zero-order valence-corrected chi connectivity index (χ0v) is 11.4. The maximum Gasteiger partial charge on any atom is 0.267 e. The summed E-state index contributed by atoms with van der Waals surface area (Å²) in [7, 11) is -3.29. The Balaban J connectivity index is 0. The van der Waals surface area contributed by atoms with Crippen molar-refractivity contribution in [1.29, 1.82) is 0 Å². The average molecular weight is 251 g/mol. The van der Waals surface area contributed by atoms with Crippen LogP contribution in [0.2, 0.25) is 0 Å². The van der Waals surface area contributed by atoms with Gasteiger partial charge < -0.3 is 5.73 Å². The molecule has 2 N–H and O–H groups in total. The molecule has 0 aliphatic rings. The smallest absolute Gasteiger partial charge is 0.267 e. The van der Waals surface area contributed by atoms with Crippen LogP contribution in [0.4, 0.5) is 0 Å². The Kier molecular flexibility index (Phi) is 12.5. The van der Waals surface area contributed by atoms with E-state index in [0.717, 1.165) is 12.8 Å². The van der Waals surface area contributed by atoms with Gasteiger partial charge in [0, 0.05) is 0 Å². The first-order valence-corrected chi connectivity index (χ1v) is 7.17. The molecule has 0 bridgehead atoms. The number of unbranched alkanes of at least 4 members (excludes halogenated alkanes) is 2. The lowest BCUT2D eigenvalue weighted by molar-refractivity contribution is 0.356. The van der Waals surface area contributed by atoms with Crippen LogP contribution in [0.25, 0.3) is 0 Å². The van der Waals surface area contributed by atoms with Crippen LogP contribution in [0, 0.1) is 0 Å². The van der Waals surface area contributed by atoms with Gasteiger partial charge in [-0.2, -0.15) is 8.42 Å². The molecule has 0 aromatic rings. The molecule has 16 heavy (non-hydrogen) atoms. The fraction of sp³-hybridized carbons (Fsp3) is 0.818. The fourth-order valence-corrected chi connectivity index (χ4v) is 1.72. The van der Waals surface area contributed by atoms with Crippen LogP contribution in [0.15, 0.2) is 12.7 Å². The van der Waals surface area contributed by atoms with E-state index in [0.29, 0.717) is 12.5 Å². The number of rotatable bonds is 7. The van der Waals surface area contributed by atoms with E-state index >= 15 is 0 Å². The fourth-order valence-electron chi connectivity index (χ4n) is 0.740. The van der Waals surface area contributed by atoms with Gasteiger partial charge in [-0.25, -0.2) is 0 Å². The maximum absolute atomic E-state index is 11.0. The van der Waals surface area contributed by atoms with Crippen molar-refractivity contribution in [1.82, 2.24) is 0 Å². The van der Waals surface area contributed by atoms with Crippen molar-refractivity contribution in [2.45, 2.75) is 46.1 Å². The lowest BCUT2D eigenvalue weighted by atomic mass is 10.3. The highest BCUT2D eigenvalue weighted by atomic mass is 32.2. The largest absolute Gasteiger partial charge is 0.328 e. The standard InChI is InChI=1S/C8H16O3S.C3H9N/c1-3-5-6-8-12(9,10)11-7-4-2;1-3(2)4/h4H,2-3,5-8H2,1H3;3H,4H2,1-2H3. The van der Waals surface area contributed by atoms with Crippen LogP contribution >= 0.6 is 0 Å². The van der Waals surface area contributed by atoms with Gasteiger partial charge in [-0.3, -0.25) is 4.18 Å². The van der Waals surface area contributed by atoms with Crippen molar-refractivity contribution >= 4 is 10.1 Å². The van der Waals surface area contributed by atoms with Crippen LogP contribution in [0.1, 0.15) is 40.0 Å². The minimum absolute atomic E-state index is 0.0778. The SMILES string of the molecule is C=CCOS(=O)(=O)CCCCC.CC(C)N. The molecule has 4 nitrogen and oxygen atoms in total. The van der Waals surface area contributed by atoms with E-state index in [1.807, 2.05) is 20.8 Å². The molecule has 0 saturated carbocycles. The van der Waals surface area contributed by atoms with Gasteiger partial charge in [-0.1, -0.05) is 39.7 Å². The zero-order valence-electron chi connectivity index (χ0n) is 10.6. The Bertz CT molecular complexity index is 245. The molecule has 0 atom stereocenters. The van der Waals surface area contributed by atoms with Gasteiger partial charge in [-0.15, -0.1) is 6.58 Å². The highest BCUT2D eigenvalue weighted by molar-refractivity contribution is 7.86. The second-order valence-electron chi connectivity index (χ2n) is 3.79. The third-order valence-corrected chi connectivity index (χ3v) is 2.65. The Labute approximate surface area is 100.0 Å². The van der Waals surface area contributed by atoms with E-state index in [1.54, 1.807) is 0 Å². The second kappa shape index (κ2) is 11.1. The van der Waals surface area contributed by atoms with Crippen molar-refractivity contribution in [3.63, 3.8) is 0 Å². The molecule has 0 rings (SSSR count). The molecule has 98 valence electrons. The Hall–Kier alpha value is -0.390. The molecule has 0 spiro atoms. The van der Waals surface area contributed by atoms with Crippen LogP contribution in [0.5, 0.6) is 0 Å². The third kappa shape index (κ3) is 19.2. The molecule has 0 aliphatic carbocycles. The molecule has 0 saturated heterocycles. The van der Waals surface area contributed by atoms with Crippen LogP contribution in [-0.4, -0.2) is 26.8 Å². The minimum atomic E-state index is -3.29. The van der Waals surface area contributed by atoms with Crippen molar-refractivity contribution in [2.24, 2.45) is 5.73 Å². The summed E-state index contributed by atoms with van der Waals surface area (Å²) in [5, 5.41) is 0. The van der Waals surface area contributed by atoms with Crippen molar-refractivity contribution in [3.8, 4) is 0 Å². The molecule has 0 aromatic heterocycles. The first-order chi connectivity index (χ1) is 7.35. The van der Waals surface area contributed by atoms with Crippen molar-refractivity contribution in [3.05, 3.63) is 12.7 Å². The van der Waals surface area contributed by atoms with Gasteiger partial charge in [-0.05, 0) is 12.5 Å². The second-order valence-corrected chi connectivity index (χ2v) is 5.55. The van der Waals surface area contributed by atoms with E-state index in [2.05, 4.69) is 10.8 Å². The minimum Gasteiger partial charge on any atom is -0.328 e. The molecule has 0 amide bonds. The van der Waals surface area contributed by atoms with Crippen LogP contribution < -0.4 is 5.73 Å². The summed E-state index contributed by atoms with van der Waals surface area (Å²) in [6, 6.07) is 0.333. The van der Waals surface area contributed by atoms with Crippen LogP contribution in [0.3, 0.4) is 0 Å². The number of nitrogens with two attached hydrogens (primary N) is 1. The van der Waals surface area contributed by atoms with Gasteiger partial charge in [0.15, 0.2) is 0 Å². The number of hydrogen-bond acceptors (Lipinski definition) is 4. The summed E-state index contributed by atoms with van der Waals surface area (Å²) < 4.78 is 26.6. The highest BCUT2D eigenvalue weighted by Gasteiger charge is 2.08. The molecule has 0 aliphatic heterocycles. The normalized spacial score (nSPS) is 10.8. The van der Waals surface area contributed by atoms with Gasteiger partial charge in [0.2, 0.25) is 0 Å². The third-order valence-electron chi connectivity index (χ3n) is 1.36. The monoisotopic (exact) mass is 251 g/mol. The topological polar surface area (TPSA) is 69.4 Å². The molecular weight excluding hydrogens is 226 g/mol. The molecule has 5 heteroatoms. The summed E-state index contributed by atoms with van der Waals surface area (Å²) in [6.45, 7) is 9.36. The summed E-state index contributed by atoms with van der Waals surface area (Å²) in [4.78, 5) is 0. The molecule has 0 unspecified atom stereocenters. The number of hydrogen-bond donors (Lipinski definition) is 1. The summed E-state index contributed by atoms with van der Waals surface area (Å²) in [6.07, 6.45) is 4.04. The quantitative estimate of drug-likeness (QED) is 0.427. The van der Waals surface area contributed by atoms with Crippen LogP contribution in [-0.2, 0) is 14.3 Å². The Morgan fingerprint density at radius 3 is 2.25 bits per heavy atom. The average Bonchev–Trinajstić information content (AvgIpc) is 2.14. The van der Waals surface area contributed by atoms with Gasteiger partial charge in [0.05, 0.1) is 12.4 Å². The molecule has 0 heterocycles. The Morgan fingerprint density at radius 1 is 1.38 bits per heavy atom. The predicted octanol–water partition coefficient (Wildman–Crippen LogP) is 2.06. The van der Waals surface area contributed by atoms with E-state index in [-0.39, 0.29) is 12.4 Å². The van der Waals surface area contributed by atoms with Crippen molar-refractivity contribution in [2.75, 3.05) is 12.4 Å². The summed E-state index contributed by atoms with van der Waals surface area (Å²) in [5.74, 6) is 0.120. The van der Waals surface area contributed by atoms with E-state index < -0.39 is 10.1 Å². The van der Waals surface area contributed by atoms with Gasteiger partial charge >= 0.3 is 0 Å². The predicted molar refractivity (Wildman–Crippen MR) is 68.8 cm³/mol. The molecular formula is C11H25NO3S. The van der Waals surface area contributed by atoms with E-state index in [4.69, 9.17) is 5.73 Å². The Morgan fingerprint density at radius 2 is 1.88 bits per heavy atom. The molecule has 0 radical (unpaired) electrons. The van der Waals surface area contributed by atoms with Crippen molar-refractivity contribution < 1.29 is 12.6 Å². The molecule has 0 fully saturated rings. The van der Waals surface area contributed by atoms with E-state index in [1.165, 1.54) is 6.08 Å². The lowest BCUT2D eigenvalue weighted by Gasteiger charge is -2.01. The summed E-state index contributed by atoms with van der Waals surface area (Å²) >= 11 is 0.